The summed E-state index contributed by atoms with van der Waals surface area (Å²) in [5, 5.41) is 2.88. The fourth-order valence-electron chi connectivity index (χ4n) is 3.63. The molecule has 1 saturated carbocycles. The molecular weight excluding hydrogens is 295 g/mol. The lowest BCUT2D eigenvalue weighted by molar-refractivity contribution is -0.140. The first kappa shape index (κ1) is 16.0. The summed E-state index contributed by atoms with van der Waals surface area (Å²) in [6, 6.07) is 6.56. The molecule has 1 aromatic rings. The lowest BCUT2D eigenvalue weighted by atomic mass is 9.94. The Bertz CT molecular complexity index is 584. The Hall–Kier alpha value is -1.91. The second-order valence-corrected chi connectivity index (χ2v) is 6.57. The summed E-state index contributed by atoms with van der Waals surface area (Å²) in [7, 11) is 0. The van der Waals surface area contributed by atoms with Crippen molar-refractivity contribution in [1.29, 1.82) is 0 Å². The minimum absolute atomic E-state index is 0.0373. The Balaban J connectivity index is 1.55. The molecule has 1 aliphatic carbocycles. The number of nitrogens with one attached hydrogen (secondary N) is 1. The van der Waals surface area contributed by atoms with Gasteiger partial charge < -0.3 is 10.2 Å². The third-order valence-corrected chi connectivity index (χ3v) is 4.94. The zero-order valence-electron chi connectivity index (χ0n) is 13.3. The number of rotatable bonds is 4. The van der Waals surface area contributed by atoms with Crippen LogP contribution in [-0.4, -0.2) is 29.3 Å². The summed E-state index contributed by atoms with van der Waals surface area (Å²) in [5.74, 6) is -0.301. The largest absolute Gasteiger partial charge is 0.352 e. The van der Waals surface area contributed by atoms with Crippen LogP contribution in [0, 0.1) is 11.7 Å². The van der Waals surface area contributed by atoms with E-state index in [9.17, 15) is 14.0 Å². The van der Waals surface area contributed by atoms with Gasteiger partial charge in [0.15, 0.2) is 0 Å². The number of benzene rings is 1. The second kappa shape index (κ2) is 7.11. The summed E-state index contributed by atoms with van der Waals surface area (Å²) in [4.78, 5) is 26.4. The van der Waals surface area contributed by atoms with Gasteiger partial charge in [-0.15, -0.1) is 0 Å². The molecule has 2 fully saturated rings. The zero-order valence-corrected chi connectivity index (χ0v) is 13.3. The maximum absolute atomic E-state index is 13.2. The molecule has 23 heavy (non-hydrogen) atoms. The molecule has 0 unspecified atom stereocenters. The lowest BCUT2D eigenvalue weighted by Gasteiger charge is -2.36. The molecule has 1 atom stereocenters. The molecule has 2 aliphatic rings. The predicted octanol–water partition coefficient (Wildman–Crippen LogP) is 2.62. The van der Waals surface area contributed by atoms with Crippen molar-refractivity contribution >= 4 is 11.8 Å². The van der Waals surface area contributed by atoms with E-state index in [4.69, 9.17) is 0 Å². The quantitative estimate of drug-likeness (QED) is 0.928. The Kier molecular flexibility index (Phi) is 4.94. The van der Waals surface area contributed by atoms with Crippen molar-refractivity contribution in [3.8, 4) is 0 Å². The van der Waals surface area contributed by atoms with Crippen LogP contribution >= 0.6 is 0 Å². The SMILES string of the molecule is O=C(NCc1cccc(F)c1)[C@H]1CCC(=O)N(C2CCCC2)C1. The fraction of sp³-hybridized carbons (Fsp3) is 0.556. The molecule has 0 radical (unpaired) electrons. The van der Waals surface area contributed by atoms with E-state index < -0.39 is 0 Å². The van der Waals surface area contributed by atoms with Crippen molar-refractivity contribution < 1.29 is 14.0 Å². The number of nitrogens with zero attached hydrogens (tertiary/aromatic N) is 1. The van der Waals surface area contributed by atoms with Gasteiger partial charge in [0, 0.05) is 25.6 Å². The highest BCUT2D eigenvalue weighted by Gasteiger charge is 2.34. The van der Waals surface area contributed by atoms with Crippen LogP contribution in [0.5, 0.6) is 0 Å². The fourth-order valence-corrected chi connectivity index (χ4v) is 3.63. The van der Waals surface area contributed by atoms with Crippen LogP contribution in [0.2, 0.25) is 0 Å². The van der Waals surface area contributed by atoms with Crippen LogP contribution < -0.4 is 5.32 Å². The molecule has 0 bridgehead atoms. The number of amides is 2. The first-order valence-corrected chi connectivity index (χ1v) is 8.45. The second-order valence-electron chi connectivity index (χ2n) is 6.57. The van der Waals surface area contributed by atoms with Gasteiger partial charge in [-0.1, -0.05) is 25.0 Å². The van der Waals surface area contributed by atoms with Crippen molar-refractivity contribution in [1.82, 2.24) is 10.2 Å². The number of piperidine rings is 1. The molecular formula is C18H23FN2O2. The molecule has 4 nitrogen and oxygen atoms in total. The molecule has 1 heterocycles. The summed E-state index contributed by atoms with van der Waals surface area (Å²) in [6.07, 6.45) is 5.52. The van der Waals surface area contributed by atoms with E-state index in [0.29, 0.717) is 32.0 Å². The average Bonchev–Trinajstić information content (AvgIpc) is 3.07. The molecule has 1 saturated heterocycles. The van der Waals surface area contributed by atoms with Gasteiger partial charge >= 0.3 is 0 Å². The summed E-state index contributed by atoms with van der Waals surface area (Å²) < 4.78 is 13.2. The molecule has 1 aromatic carbocycles. The van der Waals surface area contributed by atoms with Crippen LogP contribution in [0.15, 0.2) is 24.3 Å². The van der Waals surface area contributed by atoms with Gasteiger partial charge in [-0.2, -0.15) is 0 Å². The number of hydrogen-bond donors (Lipinski definition) is 1. The van der Waals surface area contributed by atoms with Crippen LogP contribution in [-0.2, 0) is 16.1 Å². The van der Waals surface area contributed by atoms with Crippen LogP contribution in [0.4, 0.5) is 4.39 Å². The zero-order chi connectivity index (χ0) is 16.2. The Morgan fingerprint density at radius 1 is 1.26 bits per heavy atom. The molecule has 2 amide bonds. The normalized spacial score (nSPS) is 22.4. The topological polar surface area (TPSA) is 49.4 Å². The standard InChI is InChI=1S/C18H23FN2O2/c19-15-5-3-4-13(10-15)11-20-18(23)14-8-9-17(22)21(12-14)16-6-1-2-7-16/h3-5,10,14,16H,1-2,6-9,11-12H2,(H,20,23)/t14-/m0/s1. The Morgan fingerprint density at radius 3 is 2.78 bits per heavy atom. The van der Waals surface area contributed by atoms with E-state index in [1.54, 1.807) is 12.1 Å². The third-order valence-electron chi connectivity index (χ3n) is 4.94. The van der Waals surface area contributed by atoms with E-state index in [-0.39, 0.29) is 23.5 Å². The molecule has 0 aromatic heterocycles. The van der Waals surface area contributed by atoms with Gasteiger partial charge in [-0.25, -0.2) is 4.39 Å². The van der Waals surface area contributed by atoms with Gasteiger partial charge in [0.05, 0.1) is 5.92 Å². The predicted molar refractivity (Wildman–Crippen MR) is 84.9 cm³/mol. The van der Waals surface area contributed by atoms with Crippen LogP contribution in [0.1, 0.15) is 44.1 Å². The molecule has 124 valence electrons. The third kappa shape index (κ3) is 3.89. The Morgan fingerprint density at radius 2 is 2.04 bits per heavy atom. The first-order chi connectivity index (χ1) is 11.1. The number of likely N-dealkylation sites (tertiary alicyclic amines) is 1. The van der Waals surface area contributed by atoms with Crippen molar-refractivity contribution in [3.63, 3.8) is 0 Å². The summed E-state index contributed by atoms with van der Waals surface area (Å²) >= 11 is 0. The monoisotopic (exact) mass is 318 g/mol. The molecule has 1 aliphatic heterocycles. The number of carbonyl (C=O) groups excluding carboxylic acids is 2. The highest BCUT2D eigenvalue weighted by atomic mass is 19.1. The summed E-state index contributed by atoms with van der Waals surface area (Å²) in [6.45, 7) is 0.850. The van der Waals surface area contributed by atoms with Crippen LogP contribution in [0.25, 0.3) is 0 Å². The maximum atomic E-state index is 13.2. The smallest absolute Gasteiger partial charge is 0.225 e. The summed E-state index contributed by atoms with van der Waals surface area (Å²) in [5.41, 5.74) is 0.748. The van der Waals surface area contributed by atoms with E-state index in [1.165, 1.54) is 25.0 Å². The Labute approximate surface area is 136 Å². The van der Waals surface area contributed by atoms with E-state index in [0.717, 1.165) is 18.4 Å². The van der Waals surface area contributed by atoms with Crippen molar-refractivity contribution in [3.05, 3.63) is 35.6 Å². The molecule has 0 spiro atoms. The maximum Gasteiger partial charge on any atom is 0.225 e. The van der Waals surface area contributed by atoms with Gasteiger partial charge in [0.2, 0.25) is 11.8 Å². The van der Waals surface area contributed by atoms with Crippen molar-refractivity contribution in [2.45, 2.75) is 51.1 Å². The molecule has 3 rings (SSSR count). The molecule has 5 heteroatoms. The van der Waals surface area contributed by atoms with Gasteiger partial charge in [-0.05, 0) is 37.0 Å². The number of carbonyl (C=O) groups is 2. The minimum Gasteiger partial charge on any atom is -0.352 e. The molecule has 1 N–H and O–H groups in total. The highest BCUT2D eigenvalue weighted by Crippen LogP contribution is 2.28. The first-order valence-electron chi connectivity index (χ1n) is 8.45. The van der Waals surface area contributed by atoms with E-state index in [1.807, 2.05) is 4.90 Å². The highest BCUT2D eigenvalue weighted by molar-refractivity contribution is 5.84. The average molecular weight is 318 g/mol. The number of hydrogen-bond acceptors (Lipinski definition) is 2. The lowest BCUT2D eigenvalue weighted by Crippen LogP contribution is -2.49. The van der Waals surface area contributed by atoms with Crippen LogP contribution in [0.3, 0.4) is 0 Å². The minimum atomic E-state index is -0.299. The van der Waals surface area contributed by atoms with Gasteiger partial charge in [-0.3, -0.25) is 9.59 Å². The van der Waals surface area contributed by atoms with Gasteiger partial charge in [0.1, 0.15) is 5.82 Å². The van der Waals surface area contributed by atoms with E-state index >= 15 is 0 Å². The number of halogens is 1. The van der Waals surface area contributed by atoms with Crippen molar-refractivity contribution in [2.24, 2.45) is 5.92 Å². The van der Waals surface area contributed by atoms with Gasteiger partial charge in [0.25, 0.3) is 0 Å². The van der Waals surface area contributed by atoms with E-state index in [2.05, 4.69) is 5.32 Å². The van der Waals surface area contributed by atoms with Crippen molar-refractivity contribution in [2.75, 3.05) is 6.54 Å².